The minimum Gasteiger partial charge on any atom is -0.285 e. The van der Waals surface area contributed by atoms with E-state index in [9.17, 15) is 8.42 Å². The van der Waals surface area contributed by atoms with Crippen LogP contribution in [0.1, 0.15) is 33.1 Å². The fourth-order valence-corrected chi connectivity index (χ4v) is 2.75. The van der Waals surface area contributed by atoms with E-state index >= 15 is 0 Å². The zero-order valence-corrected chi connectivity index (χ0v) is 8.34. The summed E-state index contributed by atoms with van der Waals surface area (Å²) in [6.07, 6.45) is 2.13. The second kappa shape index (κ2) is 3.34. The van der Waals surface area contributed by atoms with Gasteiger partial charge < -0.3 is 0 Å². The molecule has 1 N–H and O–H groups in total. The quantitative estimate of drug-likeness (QED) is 0.643. The average Bonchev–Trinajstić information content (AvgIpc) is 1.92. The summed E-state index contributed by atoms with van der Waals surface area (Å²) in [6.45, 7) is 4.17. The van der Waals surface area contributed by atoms with Crippen LogP contribution in [0.25, 0.3) is 0 Å². The number of rotatable bonds is 1. The molecule has 1 saturated carbocycles. The summed E-state index contributed by atoms with van der Waals surface area (Å²) < 4.78 is 30.4. The van der Waals surface area contributed by atoms with E-state index in [-0.39, 0.29) is 0 Å². The number of hydrogen-bond acceptors (Lipinski definition) is 2. The molecule has 0 aromatic heterocycles. The van der Waals surface area contributed by atoms with Gasteiger partial charge in [0.1, 0.15) is 0 Å². The normalized spacial score (nSPS) is 38.1. The first-order chi connectivity index (χ1) is 5.41. The largest absolute Gasteiger partial charge is 0.285 e. The zero-order chi connectivity index (χ0) is 9.35. The molecular weight excluding hydrogens is 176 g/mol. The molecule has 1 aliphatic carbocycles. The van der Waals surface area contributed by atoms with Crippen LogP contribution in [0, 0.1) is 11.8 Å². The standard InChI is InChI=1S/C8H16O3S/c1-6-3-4-8(5-7(6)2)12(9,10)11/h6-8H,3-5H2,1-2H3,(H,9,10,11). The van der Waals surface area contributed by atoms with Crippen molar-refractivity contribution in [2.45, 2.75) is 38.4 Å². The van der Waals surface area contributed by atoms with E-state index in [0.717, 1.165) is 6.42 Å². The average molecular weight is 192 g/mol. The highest BCUT2D eigenvalue weighted by atomic mass is 32.2. The summed E-state index contributed by atoms with van der Waals surface area (Å²) in [6, 6.07) is 0. The van der Waals surface area contributed by atoms with Crippen LogP contribution in [0.5, 0.6) is 0 Å². The van der Waals surface area contributed by atoms with Crippen molar-refractivity contribution >= 4 is 10.1 Å². The topological polar surface area (TPSA) is 54.4 Å². The van der Waals surface area contributed by atoms with E-state index < -0.39 is 15.4 Å². The molecule has 1 aliphatic rings. The van der Waals surface area contributed by atoms with Crippen LogP contribution in [0.3, 0.4) is 0 Å². The van der Waals surface area contributed by atoms with Crippen molar-refractivity contribution < 1.29 is 13.0 Å². The van der Waals surface area contributed by atoms with Gasteiger partial charge in [0.15, 0.2) is 0 Å². The van der Waals surface area contributed by atoms with E-state index in [1.807, 2.05) is 6.92 Å². The van der Waals surface area contributed by atoms with Gasteiger partial charge in [-0.1, -0.05) is 13.8 Å². The summed E-state index contributed by atoms with van der Waals surface area (Å²) in [5, 5.41) is -0.510. The molecule has 0 aromatic rings. The molecule has 0 spiro atoms. The zero-order valence-electron chi connectivity index (χ0n) is 7.53. The van der Waals surface area contributed by atoms with E-state index in [4.69, 9.17) is 4.55 Å². The highest BCUT2D eigenvalue weighted by Gasteiger charge is 2.31. The Labute approximate surface area is 73.9 Å². The highest BCUT2D eigenvalue weighted by Crippen LogP contribution is 2.32. The third-order valence-electron chi connectivity index (χ3n) is 2.97. The third kappa shape index (κ3) is 2.20. The molecule has 3 atom stereocenters. The first-order valence-corrected chi connectivity index (χ1v) is 5.88. The van der Waals surface area contributed by atoms with Gasteiger partial charge in [-0.2, -0.15) is 8.42 Å². The lowest BCUT2D eigenvalue weighted by Crippen LogP contribution is -2.30. The maximum atomic E-state index is 10.8. The molecule has 0 bridgehead atoms. The van der Waals surface area contributed by atoms with Crippen LogP contribution < -0.4 is 0 Å². The first-order valence-electron chi connectivity index (χ1n) is 4.37. The monoisotopic (exact) mass is 192 g/mol. The van der Waals surface area contributed by atoms with Crippen molar-refractivity contribution in [3.05, 3.63) is 0 Å². The second-order valence-corrected chi connectivity index (χ2v) is 5.60. The lowest BCUT2D eigenvalue weighted by atomic mass is 9.81. The number of hydrogen-bond donors (Lipinski definition) is 1. The predicted octanol–water partition coefficient (Wildman–Crippen LogP) is 1.70. The Bertz CT molecular complexity index is 245. The van der Waals surface area contributed by atoms with Gasteiger partial charge >= 0.3 is 0 Å². The molecule has 0 heterocycles. The maximum Gasteiger partial charge on any atom is 0.267 e. The summed E-state index contributed by atoms with van der Waals surface area (Å²) in [4.78, 5) is 0. The fraction of sp³-hybridized carbons (Fsp3) is 1.00. The fourth-order valence-electron chi connectivity index (χ4n) is 1.77. The Morgan fingerprint density at radius 3 is 2.17 bits per heavy atom. The highest BCUT2D eigenvalue weighted by molar-refractivity contribution is 7.86. The Balaban J connectivity index is 2.64. The molecule has 1 fully saturated rings. The molecule has 1 rings (SSSR count). The first kappa shape index (κ1) is 9.99. The van der Waals surface area contributed by atoms with Crippen molar-refractivity contribution in [2.24, 2.45) is 11.8 Å². The molecule has 0 saturated heterocycles. The van der Waals surface area contributed by atoms with Gasteiger partial charge in [-0.25, -0.2) is 0 Å². The van der Waals surface area contributed by atoms with Gasteiger partial charge in [-0.3, -0.25) is 4.55 Å². The van der Waals surface area contributed by atoms with E-state index in [1.54, 1.807) is 0 Å². The summed E-state index contributed by atoms with van der Waals surface area (Å²) in [5.74, 6) is 0.994. The van der Waals surface area contributed by atoms with E-state index in [2.05, 4.69) is 6.92 Å². The van der Waals surface area contributed by atoms with Crippen LogP contribution in [0.2, 0.25) is 0 Å². The van der Waals surface area contributed by atoms with Crippen LogP contribution in [-0.4, -0.2) is 18.2 Å². The summed E-state index contributed by atoms with van der Waals surface area (Å²) in [5.41, 5.74) is 0. The Kier molecular flexibility index (Phi) is 2.78. The molecule has 3 unspecified atom stereocenters. The van der Waals surface area contributed by atoms with Crippen molar-refractivity contribution in [3.63, 3.8) is 0 Å². The molecule has 0 amide bonds. The van der Waals surface area contributed by atoms with Crippen molar-refractivity contribution in [2.75, 3.05) is 0 Å². The van der Waals surface area contributed by atoms with Crippen molar-refractivity contribution in [1.29, 1.82) is 0 Å². The molecule has 0 radical (unpaired) electrons. The molecule has 0 aromatic carbocycles. The minimum atomic E-state index is -3.78. The third-order valence-corrected chi connectivity index (χ3v) is 4.24. The minimum absolute atomic E-state index is 0.408. The Morgan fingerprint density at radius 1 is 1.17 bits per heavy atom. The Morgan fingerprint density at radius 2 is 1.75 bits per heavy atom. The molecule has 12 heavy (non-hydrogen) atoms. The van der Waals surface area contributed by atoms with Crippen LogP contribution >= 0.6 is 0 Å². The SMILES string of the molecule is CC1CCC(S(=O)(=O)O)CC1C. The molecule has 0 aliphatic heterocycles. The van der Waals surface area contributed by atoms with Gasteiger partial charge in [0.05, 0.1) is 5.25 Å². The molecule has 3 nitrogen and oxygen atoms in total. The van der Waals surface area contributed by atoms with Crippen molar-refractivity contribution in [3.8, 4) is 0 Å². The summed E-state index contributed by atoms with van der Waals surface area (Å²) >= 11 is 0. The van der Waals surface area contributed by atoms with Crippen LogP contribution in [0.4, 0.5) is 0 Å². The smallest absolute Gasteiger partial charge is 0.267 e. The lowest BCUT2D eigenvalue weighted by molar-refractivity contribution is 0.271. The van der Waals surface area contributed by atoms with Gasteiger partial charge in [0.2, 0.25) is 0 Å². The van der Waals surface area contributed by atoms with Gasteiger partial charge in [-0.05, 0) is 31.1 Å². The lowest BCUT2D eigenvalue weighted by Gasteiger charge is -2.29. The van der Waals surface area contributed by atoms with Gasteiger partial charge in [-0.15, -0.1) is 0 Å². The van der Waals surface area contributed by atoms with Crippen molar-refractivity contribution in [1.82, 2.24) is 0 Å². The molecule has 4 heteroatoms. The summed E-state index contributed by atoms with van der Waals surface area (Å²) in [7, 11) is -3.78. The Hall–Kier alpha value is -0.0900. The molecule has 72 valence electrons. The van der Waals surface area contributed by atoms with E-state index in [0.29, 0.717) is 24.7 Å². The maximum absolute atomic E-state index is 10.8. The van der Waals surface area contributed by atoms with Gasteiger partial charge in [0.25, 0.3) is 10.1 Å². The van der Waals surface area contributed by atoms with E-state index in [1.165, 1.54) is 0 Å². The predicted molar refractivity (Wildman–Crippen MR) is 47.5 cm³/mol. The van der Waals surface area contributed by atoms with Crippen LogP contribution in [-0.2, 0) is 10.1 Å². The van der Waals surface area contributed by atoms with Crippen LogP contribution in [0.15, 0.2) is 0 Å². The molecular formula is C8H16O3S. The second-order valence-electron chi connectivity index (χ2n) is 3.90. The van der Waals surface area contributed by atoms with Gasteiger partial charge in [0, 0.05) is 0 Å².